The highest BCUT2D eigenvalue weighted by Gasteiger charge is 2.28. The van der Waals surface area contributed by atoms with Crippen LogP contribution in [0.1, 0.15) is 38.2 Å². The predicted octanol–water partition coefficient (Wildman–Crippen LogP) is 5.45. The Hall–Kier alpha value is -1.51. The van der Waals surface area contributed by atoms with E-state index in [1.165, 1.54) is 4.90 Å². The molecule has 0 saturated heterocycles. The molecule has 0 radical (unpaired) electrons. The minimum absolute atomic E-state index is 0.158. The normalized spacial score (nSPS) is 14.8. The maximum Gasteiger partial charge on any atom is 0.261 e. The third kappa shape index (κ3) is 6.99. The molecule has 2 aromatic carbocycles. The summed E-state index contributed by atoms with van der Waals surface area (Å²) in [4.78, 5) is 27.5. The number of carbonyl (C=O) groups excluding carboxylic acids is 2. The van der Waals surface area contributed by atoms with Crippen LogP contribution in [0.2, 0.25) is 10.0 Å². The number of amides is 2. The topological polar surface area (TPSA) is 58.6 Å². The maximum atomic E-state index is 13.1. The van der Waals surface area contributed by atoms with E-state index in [-0.39, 0.29) is 31.0 Å². The van der Waals surface area contributed by atoms with Crippen molar-refractivity contribution in [2.75, 3.05) is 6.61 Å². The Morgan fingerprint density at radius 1 is 1.13 bits per heavy atom. The SMILES string of the molecule is C[C@H](C(=O)NC1CCCC1)N(Cc1ccc(Cl)c(Cl)c1)C(=O)COc1ccc(I)cc1. The first-order valence-corrected chi connectivity index (χ1v) is 12.1. The zero-order valence-corrected chi connectivity index (χ0v) is 20.9. The Labute approximate surface area is 206 Å². The van der Waals surface area contributed by atoms with Crippen molar-refractivity contribution in [1.29, 1.82) is 0 Å². The molecule has 0 heterocycles. The second-order valence-corrected chi connectivity index (χ2v) is 9.74. The van der Waals surface area contributed by atoms with Gasteiger partial charge < -0.3 is 15.0 Å². The molecule has 0 aliphatic heterocycles. The molecule has 1 aliphatic rings. The second-order valence-electron chi connectivity index (χ2n) is 7.68. The molecule has 3 rings (SSSR count). The van der Waals surface area contributed by atoms with Gasteiger partial charge in [-0.3, -0.25) is 9.59 Å². The Balaban J connectivity index is 1.72. The lowest BCUT2D eigenvalue weighted by atomic mass is 10.1. The highest BCUT2D eigenvalue weighted by atomic mass is 127. The summed E-state index contributed by atoms with van der Waals surface area (Å²) < 4.78 is 6.75. The molecule has 1 aliphatic carbocycles. The van der Waals surface area contributed by atoms with Gasteiger partial charge in [0.2, 0.25) is 5.91 Å². The standard InChI is InChI=1S/C23H25Cl2IN2O3/c1-15(23(30)27-18-4-2-3-5-18)28(13-16-6-11-20(24)21(25)12-16)22(29)14-31-19-9-7-17(26)8-10-19/h6-12,15,18H,2-5,13-14H2,1H3,(H,27,30)/t15-/m1/s1. The molecule has 166 valence electrons. The lowest BCUT2D eigenvalue weighted by molar-refractivity contribution is -0.142. The van der Waals surface area contributed by atoms with Crippen LogP contribution in [-0.2, 0) is 16.1 Å². The Kier molecular flexibility index (Phi) is 8.86. The summed E-state index contributed by atoms with van der Waals surface area (Å²) in [7, 11) is 0. The minimum atomic E-state index is -0.650. The van der Waals surface area contributed by atoms with Crippen LogP contribution in [-0.4, -0.2) is 35.4 Å². The summed E-state index contributed by atoms with van der Waals surface area (Å²) in [5.74, 6) is 0.166. The van der Waals surface area contributed by atoms with Gasteiger partial charge in [-0.15, -0.1) is 0 Å². The first-order chi connectivity index (χ1) is 14.8. The van der Waals surface area contributed by atoms with Crippen LogP contribution in [0, 0.1) is 3.57 Å². The molecular weight excluding hydrogens is 550 g/mol. The minimum Gasteiger partial charge on any atom is -0.484 e. The van der Waals surface area contributed by atoms with Gasteiger partial charge in [-0.1, -0.05) is 42.1 Å². The van der Waals surface area contributed by atoms with Crippen LogP contribution in [0.4, 0.5) is 0 Å². The van der Waals surface area contributed by atoms with E-state index < -0.39 is 6.04 Å². The van der Waals surface area contributed by atoms with Crippen molar-refractivity contribution in [3.05, 3.63) is 61.6 Å². The van der Waals surface area contributed by atoms with E-state index in [4.69, 9.17) is 27.9 Å². The number of nitrogens with zero attached hydrogens (tertiary/aromatic N) is 1. The van der Waals surface area contributed by atoms with Crippen LogP contribution in [0.25, 0.3) is 0 Å². The van der Waals surface area contributed by atoms with Crippen LogP contribution < -0.4 is 10.1 Å². The lowest BCUT2D eigenvalue weighted by Gasteiger charge is -2.29. The molecule has 2 aromatic rings. The van der Waals surface area contributed by atoms with Crippen molar-refractivity contribution < 1.29 is 14.3 Å². The van der Waals surface area contributed by atoms with Crippen molar-refractivity contribution in [1.82, 2.24) is 10.2 Å². The highest BCUT2D eigenvalue weighted by molar-refractivity contribution is 14.1. The van der Waals surface area contributed by atoms with Gasteiger partial charge in [-0.2, -0.15) is 0 Å². The molecule has 1 atom stereocenters. The van der Waals surface area contributed by atoms with Crippen molar-refractivity contribution in [3.8, 4) is 5.75 Å². The summed E-state index contributed by atoms with van der Waals surface area (Å²) in [6.07, 6.45) is 4.20. The number of rotatable bonds is 8. The fourth-order valence-electron chi connectivity index (χ4n) is 3.57. The van der Waals surface area contributed by atoms with Crippen molar-refractivity contribution in [3.63, 3.8) is 0 Å². The van der Waals surface area contributed by atoms with E-state index in [2.05, 4.69) is 27.9 Å². The molecule has 8 heteroatoms. The number of halogens is 3. The molecular formula is C23H25Cl2IN2O3. The van der Waals surface area contributed by atoms with Gasteiger partial charge in [0.05, 0.1) is 10.0 Å². The van der Waals surface area contributed by atoms with E-state index in [9.17, 15) is 9.59 Å². The molecule has 31 heavy (non-hydrogen) atoms. The van der Waals surface area contributed by atoms with Crippen molar-refractivity contribution in [2.45, 2.75) is 51.2 Å². The largest absolute Gasteiger partial charge is 0.484 e. The molecule has 0 unspecified atom stereocenters. The number of ether oxygens (including phenoxy) is 1. The van der Waals surface area contributed by atoms with Gasteiger partial charge >= 0.3 is 0 Å². The zero-order chi connectivity index (χ0) is 22.4. The highest BCUT2D eigenvalue weighted by Crippen LogP contribution is 2.24. The number of nitrogens with one attached hydrogen (secondary N) is 1. The Bertz CT molecular complexity index is 918. The molecule has 1 fully saturated rings. The molecule has 2 amide bonds. The van der Waals surface area contributed by atoms with Gasteiger partial charge in [0.15, 0.2) is 6.61 Å². The zero-order valence-electron chi connectivity index (χ0n) is 17.2. The molecule has 5 nitrogen and oxygen atoms in total. The average molecular weight is 575 g/mol. The molecule has 1 N–H and O–H groups in total. The summed E-state index contributed by atoms with van der Waals surface area (Å²) in [6, 6.07) is 12.2. The third-order valence-electron chi connectivity index (χ3n) is 5.38. The van der Waals surface area contributed by atoms with Crippen LogP contribution >= 0.6 is 45.8 Å². The lowest BCUT2D eigenvalue weighted by Crippen LogP contribution is -2.50. The fraction of sp³-hybridized carbons (Fsp3) is 0.391. The number of hydrogen-bond donors (Lipinski definition) is 1. The predicted molar refractivity (Wildman–Crippen MR) is 132 cm³/mol. The van der Waals surface area contributed by atoms with E-state index in [0.29, 0.717) is 15.8 Å². The fourth-order valence-corrected chi connectivity index (χ4v) is 4.25. The molecule has 0 aromatic heterocycles. The quantitative estimate of drug-likeness (QED) is 0.426. The van der Waals surface area contributed by atoms with E-state index in [1.807, 2.05) is 24.3 Å². The van der Waals surface area contributed by atoms with Gasteiger partial charge in [-0.25, -0.2) is 0 Å². The van der Waals surface area contributed by atoms with Crippen molar-refractivity contribution >= 4 is 57.6 Å². The van der Waals surface area contributed by atoms with E-state index >= 15 is 0 Å². The van der Waals surface area contributed by atoms with Crippen LogP contribution in [0.15, 0.2) is 42.5 Å². The number of benzene rings is 2. The molecule has 0 spiro atoms. The average Bonchev–Trinajstić information content (AvgIpc) is 3.26. The number of carbonyl (C=O) groups is 2. The van der Waals surface area contributed by atoms with Gasteiger partial charge in [0, 0.05) is 16.2 Å². The molecule has 0 bridgehead atoms. The second kappa shape index (κ2) is 11.4. The summed E-state index contributed by atoms with van der Waals surface area (Å²) in [5.41, 5.74) is 0.789. The summed E-state index contributed by atoms with van der Waals surface area (Å²) in [6.45, 7) is 1.80. The Morgan fingerprint density at radius 2 is 1.81 bits per heavy atom. The van der Waals surface area contributed by atoms with Gasteiger partial charge in [0.1, 0.15) is 11.8 Å². The Morgan fingerprint density at radius 3 is 2.45 bits per heavy atom. The van der Waals surface area contributed by atoms with E-state index in [0.717, 1.165) is 34.8 Å². The third-order valence-corrected chi connectivity index (χ3v) is 6.84. The van der Waals surface area contributed by atoms with Crippen molar-refractivity contribution in [2.24, 2.45) is 0 Å². The van der Waals surface area contributed by atoms with Gasteiger partial charge in [-0.05, 0) is 84.3 Å². The number of hydrogen-bond acceptors (Lipinski definition) is 3. The first-order valence-electron chi connectivity index (χ1n) is 10.3. The van der Waals surface area contributed by atoms with Gasteiger partial charge in [0.25, 0.3) is 5.91 Å². The summed E-state index contributed by atoms with van der Waals surface area (Å²) in [5, 5.41) is 3.93. The smallest absolute Gasteiger partial charge is 0.261 e. The van der Waals surface area contributed by atoms with E-state index in [1.54, 1.807) is 25.1 Å². The van der Waals surface area contributed by atoms with Crippen LogP contribution in [0.5, 0.6) is 5.75 Å². The molecule has 1 saturated carbocycles. The first kappa shape index (κ1) is 24.1. The maximum absolute atomic E-state index is 13.1. The summed E-state index contributed by atoms with van der Waals surface area (Å²) >= 11 is 14.4. The van der Waals surface area contributed by atoms with Crippen LogP contribution in [0.3, 0.4) is 0 Å². The monoisotopic (exact) mass is 574 g/mol.